The Hall–Kier alpha value is -1.98. The van der Waals surface area contributed by atoms with Crippen molar-refractivity contribution in [2.75, 3.05) is 0 Å². The van der Waals surface area contributed by atoms with Gasteiger partial charge in [-0.2, -0.15) is 13.2 Å². The predicted molar refractivity (Wildman–Crippen MR) is 71.7 cm³/mol. The second-order valence-corrected chi connectivity index (χ2v) is 5.42. The minimum absolute atomic E-state index is 0.00198. The van der Waals surface area contributed by atoms with Crippen molar-refractivity contribution < 1.29 is 27.4 Å². The van der Waals surface area contributed by atoms with Crippen LogP contribution in [0.1, 0.15) is 33.3 Å². The number of esters is 1. The summed E-state index contributed by atoms with van der Waals surface area (Å²) in [5.41, 5.74) is -1.46. The molecule has 21 heavy (non-hydrogen) atoms. The molecule has 116 valence electrons. The Labute approximate surface area is 121 Å². The van der Waals surface area contributed by atoms with Crippen molar-refractivity contribution in [3.05, 3.63) is 41.7 Å². The summed E-state index contributed by atoms with van der Waals surface area (Å²) in [5, 5.41) is 0. The summed E-state index contributed by atoms with van der Waals surface area (Å²) >= 11 is 0. The number of hydrogen-bond acceptors (Lipinski definition) is 3. The number of benzene rings is 1. The van der Waals surface area contributed by atoms with Gasteiger partial charge in [-0.15, -0.1) is 0 Å². The van der Waals surface area contributed by atoms with E-state index in [1.165, 1.54) is 19.1 Å². The normalized spacial score (nSPS) is 13.0. The van der Waals surface area contributed by atoms with Crippen molar-refractivity contribution in [2.45, 2.75) is 39.5 Å². The fourth-order valence-electron chi connectivity index (χ4n) is 1.45. The third kappa shape index (κ3) is 6.33. The minimum Gasteiger partial charge on any atom is -0.462 e. The van der Waals surface area contributed by atoms with E-state index in [2.05, 4.69) is 0 Å². The molecular weight excluding hydrogens is 285 g/mol. The first-order chi connectivity index (χ1) is 9.47. The van der Waals surface area contributed by atoms with Gasteiger partial charge < -0.3 is 9.47 Å². The van der Waals surface area contributed by atoms with Crippen LogP contribution in [0, 0.1) is 0 Å². The van der Waals surface area contributed by atoms with E-state index in [0.29, 0.717) is 0 Å². The third-order valence-corrected chi connectivity index (χ3v) is 2.17. The van der Waals surface area contributed by atoms with Gasteiger partial charge >= 0.3 is 12.1 Å². The predicted octanol–water partition coefficient (Wildman–Crippen LogP) is 4.33. The van der Waals surface area contributed by atoms with Gasteiger partial charge in [0.25, 0.3) is 0 Å². The maximum Gasteiger partial charge on any atom is 0.416 e. The molecule has 0 fully saturated rings. The molecule has 0 saturated carbocycles. The molecule has 0 spiro atoms. The Kier molecular flexibility index (Phi) is 5.04. The van der Waals surface area contributed by atoms with Crippen molar-refractivity contribution in [1.82, 2.24) is 0 Å². The minimum atomic E-state index is -4.44. The average Bonchev–Trinajstić information content (AvgIpc) is 2.24. The molecule has 1 aromatic carbocycles. The van der Waals surface area contributed by atoms with E-state index in [4.69, 9.17) is 9.47 Å². The lowest BCUT2D eigenvalue weighted by Gasteiger charge is -2.18. The number of carbonyl (C=O) groups excluding carboxylic acids is 1. The molecule has 3 nitrogen and oxygen atoms in total. The lowest BCUT2D eigenvalue weighted by atomic mass is 10.2. The van der Waals surface area contributed by atoms with Crippen LogP contribution in [0.4, 0.5) is 13.2 Å². The van der Waals surface area contributed by atoms with Crippen molar-refractivity contribution >= 4 is 5.97 Å². The van der Waals surface area contributed by atoms with Gasteiger partial charge in [-0.3, -0.25) is 0 Å². The molecule has 0 bridgehead atoms. The molecule has 0 aliphatic rings. The lowest BCUT2D eigenvalue weighted by Crippen LogP contribution is -2.22. The third-order valence-electron chi connectivity index (χ3n) is 2.17. The Morgan fingerprint density at radius 2 is 1.81 bits per heavy atom. The van der Waals surface area contributed by atoms with Gasteiger partial charge in [-0.05, 0) is 45.9 Å². The molecule has 0 amide bonds. The first-order valence-corrected chi connectivity index (χ1v) is 6.24. The van der Waals surface area contributed by atoms with Gasteiger partial charge in [0.15, 0.2) is 0 Å². The van der Waals surface area contributed by atoms with Crippen LogP contribution >= 0.6 is 0 Å². The SMILES string of the molecule is C/C(=C/C(=O)OC(C)(C)C)Oc1cccc(C(F)(F)F)c1. The van der Waals surface area contributed by atoms with Crippen molar-refractivity contribution in [1.29, 1.82) is 0 Å². The summed E-state index contributed by atoms with van der Waals surface area (Å²) in [6, 6.07) is 4.42. The molecule has 0 unspecified atom stereocenters. The number of ether oxygens (including phenoxy) is 2. The van der Waals surface area contributed by atoms with Crippen LogP contribution in [-0.4, -0.2) is 11.6 Å². The number of carbonyl (C=O) groups is 1. The first kappa shape index (κ1) is 17.1. The zero-order chi connectivity index (χ0) is 16.3. The van der Waals surface area contributed by atoms with E-state index in [9.17, 15) is 18.0 Å². The topological polar surface area (TPSA) is 35.5 Å². The lowest BCUT2D eigenvalue weighted by molar-refractivity contribution is -0.148. The molecule has 0 heterocycles. The molecule has 6 heteroatoms. The molecule has 0 radical (unpaired) electrons. The van der Waals surface area contributed by atoms with Crippen molar-refractivity contribution in [3.63, 3.8) is 0 Å². The van der Waals surface area contributed by atoms with Crippen LogP contribution in [0.25, 0.3) is 0 Å². The highest BCUT2D eigenvalue weighted by atomic mass is 19.4. The Morgan fingerprint density at radius 3 is 2.33 bits per heavy atom. The summed E-state index contributed by atoms with van der Waals surface area (Å²) < 4.78 is 47.9. The van der Waals surface area contributed by atoms with Gasteiger partial charge in [-0.1, -0.05) is 6.07 Å². The van der Waals surface area contributed by atoms with Gasteiger partial charge in [0, 0.05) is 0 Å². The number of rotatable bonds is 3. The number of halogens is 3. The molecule has 0 aromatic heterocycles. The quantitative estimate of drug-likeness (QED) is 0.473. The van der Waals surface area contributed by atoms with Crippen LogP contribution in [-0.2, 0) is 15.7 Å². The van der Waals surface area contributed by atoms with E-state index in [-0.39, 0.29) is 11.5 Å². The molecule has 1 rings (SSSR count). The largest absolute Gasteiger partial charge is 0.462 e. The highest BCUT2D eigenvalue weighted by molar-refractivity contribution is 5.82. The van der Waals surface area contributed by atoms with Gasteiger partial charge in [0.1, 0.15) is 17.1 Å². The maximum absolute atomic E-state index is 12.6. The zero-order valence-electron chi connectivity index (χ0n) is 12.2. The molecule has 0 aliphatic heterocycles. The van der Waals surface area contributed by atoms with E-state index >= 15 is 0 Å². The molecule has 0 aliphatic carbocycles. The Balaban J connectivity index is 2.79. The number of allylic oxidation sites excluding steroid dienone is 1. The second-order valence-electron chi connectivity index (χ2n) is 5.42. The van der Waals surface area contributed by atoms with Crippen LogP contribution in [0.15, 0.2) is 36.1 Å². The fourth-order valence-corrected chi connectivity index (χ4v) is 1.45. The monoisotopic (exact) mass is 302 g/mol. The number of hydrogen-bond donors (Lipinski definition) is 0. The fraction of sp³-hybridized carbons (Fsp3) is 0.400. The summed E-state index contributed by atoms with van der Waals surface area (Å²) in [6.07, 6.45) is -3.35. The number of alkyl halides is 3. The van der Waals surface area contributed by atoms with Gasteiger partial charge in [0.05, 0.1) is 11.6 Å². The molecule has 1 aromatic rings. The molecule has 0 atom stereocenters. The van der Waals surface area contributed by atoms with Gasteiger partial charge in [0.2, 0.25) is 0 Å². The van der Waals surface area contributed by atoms with E-state index in [1.807, 2.05) is 0 Å². The van der Waals surface area contributed by atoms with Gasteiger partial charge in [-0.25, -0.2) is 4.79 Å². The Morgan fingerprint density at radius 1 is 1.19 bits per heavy atom. The average molecular weight is 302 g/mol. The Bertz CT molecular complexity index is 540. The maximum atomic E-state index is 12.6. The van der Waals surface area contributed by atoms with Crippen LogP contribution < -0.4 is 4.74 Å². The molecular formula is C15H17F3O3. The van der Waals surface area contributed by atoms with E-state index in [0.717, 1.165) is 18.2 Å². The van der Waals surface area contributed by atoms with Crippen molar-refractivity contribution in [2.24, 2.45) is 0 Å². The van der Waals surface area contributed by atoms with E-state index < -0.39 is 23.3 Å². The van der Waals surface area contributed by atoms with Crippen LogP contribution in [0.5, 0.6) is 5.75 Å². The highest BCUT2D eigenvalue weighted by Gasteiger charge is 2.30. The summed E-state index contributed by atoms with van der Waals surface area (Å²) in [7, 11) is 0. The first-order valence-electron chi connectivity index (χ1n) is 6.24. The molecule has 0 saturated heterocycles. The smallest absolute Gasteiger partial charge is 0.416 e. The van der Waals surface area contributed by atoms with Crippen molar-refractivity contribution in [3.8, 4) is 5.75 Å². The summed E-state index contributed by atoms with van der Waals surface area (Å²) in [6.45, 7) is 6.59. The zero-order valence-corrected chi connectivity index (χ0v) is 12.2. The molecule has 0 N–H and O–H groups in total. The summed E-state index contributed by atoms with van der Waals surface area (Å²) in [5.74, 6) is -0.474. The standard InChI is InChI=1S/C15H17F3O3/c1-10(8-13(19)21-14(2,3)4)20-12-7-5-6-11(9-12)15(16,17)18/h5-9H,1-4H3/b10-8-. The second kappa shape index (κ2) is 6.20. The summed E-state index contributed by atoms with van der Waals surface area (Å²) in [4.78, 5) is 11.5. The van der Waals surface area contributed by atoms with Crippen LogP contribution in [0.3, 0.4) is 0 Å². The van der Waals surface area contributed by atoms with Crippen LogP contribution in [0.2, 0.25) is 0 Å². The highest BCUT2D eigenvalue weighted by Crippen LogP contribution is 2.31. The van der Waals surface area contributed by atoms with E-state index in [1.54, 1.807) is 20.8 Å².